The molecule has 0 saturated carbocycles. The number of anilines is 1. The third-order valence-electron chi connectivity index (χ3n) is 11.0. The van der Waals surface area contributed by atoms with Gasteiger partial charge in [0.1, 0.15) is 23.1 Å². The Hall–Kier alpha value is -6.18. The first-order valence-electron chi connectivity index (χ1n) is 18.7. The number of benzene rings is 5. The number of primary amides is 1. The van der Waals surface area contributed by atoms with E-state index in [9.17, 15) is 23.5 Å². The number of carbonyl (C=O) groups excluding carboxylic acids is 1. The third-order valence-corrected chi connectivity index (χ3v) is 11.0. The molecule has 2 amide bonds. The number of aromatic nitrogens is 1. The SMILES string of the molecule is Cc1c(-c2ccc(CN3Cc4ccc(NC(N)=O)cc4C3)c(F)c2)cccc1-c1cccc(-c2nc3cc(CN4CCC[C@H]4C(=O)O)c(OC(F)F)cc3o2)c1C. The number of nitrogens with one attached hydrogen (secondary N) is 1. The summed E-state index contributed by atoms with van der Waals surface area (Å²) in [6, 6.07) is 24.4. The van der Waals surface area contributed by atoms with Gasteiger partial charge in [0, 0.05) is 54.6 Å². The number of rotatable bonds is 11. The number of fused-ring (bicyclic) bond motifs is 2. The molecule has 2 aliphatic heterocycles. The van der Waals surface area contributed by atoms with Crippen LogP contribution in [-0.4, -0.2) is 51.1 Å². The Morgan fingerprint density at radius 1 is 0.912 bits per heavy atom. The van der Waals surface area contributed by atoms with Gasteiger partial charge in [-0.1, -0.05) is 48.5 Å². The molecular formula is C44H40F3N5O5. The molecule has 1 saturated heterocycles. The number of carboxylic acid groups (broad SMARTS) is 1. The van der Waals surface area contributed by atoms with Gasteiger partial charge in [0.2, 0.25) is 5.89 Å². The van der Waals surface area contributed by atoms with Crippen LogP contribution >= 0.6 is 0 Å². The van der Waals surface area contributed by atoms with Gasteiger partial charge in [-0.2, -0.15) is 8.78 Å². The van der Waals surface area contributed by atoms with Gasteiger partial charge in [0.25, 0.3) is 0 Å². The largest absolute Gasteiger partial charge is 0.480 e. The van der Waals surface area contributed by atoms with Crippen molar-refractivity contribution in [2.75, 3.05) is 11.9 Å². The van der Waals surface area contributed by atoms with Crippen LogP contribution in [-0.2, 0) is 31.0 Å². The summed E-state index contributed by atoms with van der Waals surface area (Å²) >= 11 is 0. The number of carbonyl (C=O) groups is 2. The molecule has 0 radical (unpaired) electrons. The average Bonchev–Trinajstić information content (AvgIpc) is 3.91. The summed E-state index contributed by atoms with van der Waals surface area (Å²) in [7, 11) is 0. The van der Waals surface area contributed by atoms with Crippen molar-refractivity contribution in [3.63, 3.8) is 0 Å². The predicted octanol–water partition coefficient (Wildman–Crippen LogP) is 9.24. The zero-order chi connectivity index (χ0) is 40.0. The molecule has 4 N–H and O–H groups in total. The predicted molar refractivity (Wildman–Crippen MR) is 210 cm³/mol. The van der Waals surface area contributed by atoms with Crippen LogP contribution < -0.4 is 15.8 Å². The van der Waals surface area contributed by atoms with Gasteiger partial charge in [-0.3, -0.25) is 14.6 Å². The first-order chi connectivity index (χ1) is 27.4. The highest BCUT2D eigenvalue weighted by Crippen LogP contribution is 2.39. The smallest absolute Gasteiger partial charge is 0.387 e. The fourth-order valence-electron chi connectivity index (χ4n) is 8.24. The molecule has 0 bridgehead atoms. The van der Waals surface area contributed by atoms with E-state index >= 15 is 4.39 Å². The van der Waals surface area contributed by atoms with Crippen molar-refractivity contribution in [3.05, 3.63) is 124 Å². The summed E-state index contributed by atoms with van der Waals surface area (Å²) in [6.07, 6.45) is 1.17. The average molecular weight is 776 g/mol. The van der Waals surface area contributed by atoms with Crippen molar-refractivity contribution in [1.29, 1.82) is 0 Å². The fourth-order valence-corrected chi connectivity index (χ4v) is 8.24. The van der Waals surface area contributed by atoms with Crippen LogP contribution in [0.25, 0.3) is 44.8 Å². The van der Waals surface area contributed by atoms with Crippen LogP contribution in [0.1, 0.15) is 46.2 Å². The lowest BCUT2D eigenvalue weighted by Gasteiger charge is -2.22. The molecule has 0 unspecified atom stereocenters. The number of nitrogens with zero attached hydrogens (tertiary/aromatic N) is 3. The topological polar surface area (TPSA) is 134 Å². The van der Waals surface area contributed by atoms with Gasteiger partial charge in [-0.05, 0) is 108 Å². The number of hydrogen-bond donors (Lipinski definition) is 3. The Labute approximate surface area is 326 Å². The zero-order valence-corrected chi connectivity index (χ0v) is 31.3. The molecule has 1 atom stereocenters. The lowest BCUT2D eigenvalue weighted by molar-refractivity contribution is -0.142. The van der Waals surface area contributed by atoms with E-state index in [2.05, 4.69) is 10.2 Å². The normalized spacial score (nSPS) is 15.7. The molecule has 57 heavy (non-hydrogen) atoms. The highest BCUT2D eigenvalue weighted by Gasteiger charge is 2.31. The van der Waals surface area contributed by atoms with Crippen molar-refractivity contribution >= 4 is 28.8 Å². The number of hydrogen-bond acceptors (Lipinski definition) is 7. The van der Waals surface area contributed by atoms with Crippen LogP contribution in [0.5, 0.6) is 5.75 Å². The molecule has 1 fully saturated rings. The number of amides is 2. The van der Waals surface area contributed by atoms with E-state index in [4.69, 9.17) is 19.9 Å². The second-order valence-corrected chi connectivity index (χ2v) is 14.7. The summed E-state index contributed by atoms with van der Waals surface area (Å²) in [5.41, 5.74) is 15.8. The maximum absolute atomic E-state index is 15.8. The van der Waals surface area contributed by atoms with Gasteiger partial charge in [-0.15, -0.1) is 0 Å². The maximum Gasteiger partial charge on any atom is 0.387 e. The summed E-state index contributed by atoms with van der Waals surface area (Å²) in [5.74, 6) is -1.04. The molecule has 5 aromatic carbocycles. The fraction of sp³-hybridized carbons (Fsp3) is 0.250. The number of carboxylic acids is 1. The van der Waals surface area contributed by atoms with Crippen LogP contribution in [0.15, 0.2) is 89.3 Å². The van der Waals surface area contributed by atoms with E-state index in [1.807, 2.05) is 80.6 Å². The first kappa shape index (κ1) is 37.7. The summed E-state index contributed by atoms with van der Waals surface area (Å²) in [4.78, 5) is 31.7. The van der Waals surface area contributed by atoms with E-state index < -0.39 is 24.7 Å². The molecule has 2 aliphatic rings. The van der Waals surface area contributed by atoms with Gasteiger partial charge < -0.3 is 25.3 Å². The second kappa shape index (κ2) is 15.4. The minimum atomic E-state index is -3.08. The van der Waals surface area contributed by atoms with Gasteiger partial charge in [-0.25, -0.2) is 14.2 Å². The highest BCUT2D eigenvalue weighted by atomic mass is 19.3. The lowest BCUT2D eigenvalue weighted by Crippen LogP contribution is -2.35. The van der Waals surface area contributed by atoms with E-state index in [1.54, 1.807) is 17.0 Å². The Kier molecular flexibility index (Phi) is 10.2. The molecule has 10 nitrogen and oxygen atoms in total. The number of nitrogens with two attached hydrogens (primary N) is 1. The number of ether oxygens (including phenoxy) is 1. The minimum absolute atomic E-state index is 0.0881. The molecule has 0 aliphatic carbocycles. The minimum Gasteiger partial charge on any atom is -0.480 e. The monoisotopic (exact) mass is 775 g/mol. The third kappa shape index (κ3) is 7.68. The standard InChI is InChI=1S/C44H40F3N5O5/c1-24-32(26-11-12-28(36(45)17-26)21-51-20-27-13-14-31(49-44(48)55)16-29(27)22-51)6-3-7-33(24)34-8-4-9-35(25(34)2)41-50-37-18-30(23-52-15-5-10-38(52)42(53)54)39(57-43(46)47)19-40(37)56-41/h3-4,6-9,11-14,16-19,38,43H,5,10,15,20-23H2,1-2H3,(H,53,54)(H3,48,49,55)/t38-/m0/s1. The molecule has 292 valence electrons. The Morgan fingerprint density at radius 2 is 1.63 bits per heavy atom. The van der Waals surface area contributed by atoms with Crippen molar-refractivity contribution in [3.8, 4) is 39.5 Å². The maximum atomic E-state index is 15.8. The van der Waals surface area contributed by atoms with Gasteiger partial charge in [0.05, 0.1) is 0 Å². The van der Waals surface area contributed by atoms with Crippen molar-refractivity contribution in [1.82, 2.24) is 14.8 Å². The molecular weight excluding hydrogens is 736 g/mol. The van der Waals surface area contributed by atoms with Crippen LogP contribution in [0.4, 0.5) is 23.7 Å². The lowest BCUT2D eigenvalue weighted by atomic mass is 9.89. The van der Waals surface area contributed by atoms with Gasteiger partial charge in [0.15, 0.2) is 5.58 Å². The van der Waals surface area contributed by atoms with E-state index in [-0.39, 0.29) is 23.7 Å². The number of halogens is 3. The van der Waals surface area contributed by atoms with Crippen molar-refractivity contribution in [2.24, 2.45) is 5.73 Å². The molecule has 8 rings (SSSR count). The van der Waals surface area contributed by atoms with Gasteiger partial charge >= 0.3 is 18.6 Å². The van der Waals surface area contributed by atoms with Crippen LogP contribution in [0, 0.1) is 19.7 Å². The molecule has 6 aromatic rings. The molecule has 3 heterocycles. The van der Waals surface area contributed by atoms with E-state index in [0.717, 1.165) is 44.5 Å². The summed E-state index contributed by atoms with van der Waals surface area (Å²) < 4.78 is 53.8. The Balaban J connectivity index is 1.05. The number of oxazole rings is 1. The highest BCUT2D eigenvalue weighted by molar-refractivity contribution is 5.88. The zero-order valence-electron chi connectivity index (χ0n) is 31.3. The summed E-state index contributed by atoms with van der Waals surface area (Å²) in [5, 5.41) is 12.3. The number of urea groups is 1. The molecule has 1 aromatic heterocycles. The van der Waals surface area contributed by atoms with E-state index in [1.165, 1.54) is 6.07 Å². The molecule has 13 heteroatoms. The molecule has 0 spiro atoms. The second-order valence-electron chi connectivity index (χ2n) is 14.7. The van der Waals surface area contributed by atoms with Crippen LogP contribution in [0.3, 0.4) is 0 Å². The van der Waals surface area contributed by atoms with Crippen LogP contribution in [0.2, 0.25) is 0 Å². The number of alkyl halides is 2. The summed E-state index contributed by atoms with van der Waals surface area (Å²) in [6.45, 7) is 3.23. The van der Waals surface area contributed by atoms with Crippen molar-refractivity contribution in [2.45, 2.75) is 65.5 Å². The Morgan fingerprint density at radius 3 is 2.35 bits per heavy atom. The number of aliphatic carboxylic acids is 1. The first-order valence-corrected chi connectivity index (χ1v) is 18.7. The van der Waals surface area contributed by atoms with Crippen molar-refractivity contribution < 1.29 is 37.0 Å². The van der Waals surface area contributed by atoms with E-state index in [0.29, 0.717) is 72.8 Å². The quantitative estimate of drug-likeness (QED) is 0.119. The number of likely N-dealkylation sites (tertiary alicyclic amines) is 1. The Bertz CT molecular complexity index is 2540.